The summed E-state index contributed by atoms with van der Waals surface area (Å²) >= 11 is 0. The van der Waals surface area contributed by atoms with Crippen LogP contribution in [0.5, 0.6) is 0 Å². The Labute approximate surface area is 129 Å². The van der Waals surface area contributed by atoms with Gasteiger partial charge >= 0.3 is 0 Å². The van der Waals surface area contributed by atoms with Crippen LogP contribution in [0.25, 0.3) is 0 Å². The van der Waals surface area contributed by atoms with Gasteiger partial charge in [0.1, 0.15) is 5.82 Å². The second kappa shape index (κ2) is 8.09. The number of nitrogens with one attached hydrogen (secondary N) is 2. The summed E-state index contributed by atoms with van der Waals surface area (Å²) in [5.41, 5.74) is 1.64. The molecular weight excluding hydrogens is 280 g/mol. The predicted molar refractivity (Wildman–Crippen MR) is 86.1 cm³/mol. The van der Waals surface area contributed by atoms with Gasteiger partial charge in [0.2, 0.25) is 0 Å². The minimum absolute atomic E-state index is 0.196. The van der Waals surface area contributed by atoms with Gasteiger partial charge < -0.3 is 15.4 Å². The third-order valence-corrected chi connectivity index (χ3v) is 3.02. The number of carbonyl (C=O) groups excluding carboxylic acids is 1. The Morgan fingerprint density at radius 2 is 1.95 bits per heavy atom. The molecule has 6 heteroatoms. The molecular formula is C16H20N4O2. The molecule has 0 aliphatic rings. The summed E-state index contributed by atoms with van der Waals surface area (Å²) in [6.07, 6.45) is 0.893. The Bertz CT molecular complexity index is 614. The molecule has 116 valence electrons. The molecule has 22 heavy (non-hydrogen) atoms. The average Bonchev–Trinajstić information content (AvgIpc) is 2.53. The SMILES string of the molecule is COCCCNc1ccc(NC(=O)c2cccc(C)c2)nn1. The van der Waals surface area contributed by atoms with Gasteiger partial charge in [0.25, 0.3) is 5.91 Å². The molecule has 0 aliphatic carbocycles. The van der Waals surface area contributed by atoms with Gasteiger partial charge in [-0.1, -0.05) is 17.7 Å². The molecule has 6 nitrogen and oxygen atoms in total. The van der Waals surface area contributed by atoms with Crippen molar-refractivity contribution in [3.8, 4) is 0 Å². The molecule has 2 rings (SSSR count). The van der Waals surface area contributed by atoms with Gasteiger partial charge in [0.15, 0.2) is 5.82 Å². The molecule has 0 atom stereocenters. The molecule has 0 saturated heterocycles. The van der Waals surface area contributed by atoms with E-state index in [0.29, 0.717) is 23.8 Å². The van der Waals surface area contributed by atoms with Crippen LogP contribution in [-0.4, -0.2) is 36.4 Å². The normalized spacial score (nSPS) is 10.3. The first-order valence-electron chi connectivity index (χ1n) is 7.13. The minimum Gasteiger partial charge on any atom is -0.385 e. The highest BCUT2D eigenvalue weighted by atomic mass is 16.5. The first-order chi connectivity index (χ1) is 10.7. The number of rotatable bonds is 7. The quantitative estimate of drug-likeness (QED) is 0.768. The molecule has 1 aromatic carbocycles. The third-order valence-electron chi connectivity index (χ3n) is 3.02. The molecule has 0 unspecified atom stereocenters. The summed E-state index contributed by atoms with van der Waals surface area (Å²) in [7, 11) is 1.67. The van der Waals surface area contributed by atoms with Crippen LogP contribution in [0.4, 0.5) is 11.6 Å². The van der Waals surface area contributed by atoms with Crippen molar-refractivity contribution < 1.29 is 9.53 Å². The van der Waals surface area contributed by atoms with Crippen LogP contribution in [0.1, 0.15) is 22.3 Å². The van der Waals surface area contributed by atoms with Gasteiger partial charge in [-0.2, -0.15) is 0 Å². The van der Waals surface area contributed by atoms with Crippen LogP contribution in [-0.2, 0) is 4.74 Å². The lowest BCUT2D eigenvalue weighted by atomic mass is 10.1. The van der Waals surface area contributed by atoms with Crippen molar-refractivity contribution in [2.75, 3.05) is 30.9 Å². The van der Waals surface area contributed by atoms with Gasteiger partial charge in [-0.25, -0.2) is 0 Å². The maximum Gasteiger partial charge on any atom is 0.256 e. The largest absolute Gasteiger partial charge is 0.385 e. The number of hydrogen-bond donors (Lipinski definition) is 2. The number of anilines is 2. The van der Waals surface area contributed by atoms with Crippen LogP contribution in [0.2, 0.25) is 0 Å². The van der Waals surface area contributed by atoms with Gasteiger partial charge in [0.05, 0.1) is 0 Å². The third kappa shape index (κ3) is 4.82. The van der Waals surface area contributed by atoms with E-state index in [4.69, 9.17) is 4.74 Å². The number of benzene rings is 1. The average molecular weight is 300 g/mol. The Kier molecular flexibility index (Phi) is 5.85. The summed E-state index contributed by atoms with van der Waals surface area (Å²) in [4.78, 5) is 12.1. The molecule has 1 heterocycles. The zero-order valence-electron chi connectivity index (χ0n) is 12.8. The summed E-state index contributed by atoms with van der Waals surface area (Å²) in [6.45, 7) is 3.41. The fraction of sp³-hybridized carbons (Fsp3) is 0.312. The van der Waals surface area contributed by atoms with Gasteiger partial charge in [-0.15, -0.1) is 10.2 Å². The first-order valence-corrected chi connectivity index (χ1v) is 7.13. The number of nitrogens with zero attached hydrogens (tertiary/aromatic N) is 2. The maximum atomic E-state index is 12.1. The lowest BCUT2D eigenvalue weighted by Gasteiger charge is -2.07. The summed E-state index contributed by atoms with van der Waals surface area (Å²) in [6, 6.07) is 10.9. The van der Waals surface area contributed by atoms with Crippen LogP contribution in [0.15, 0.2) is 36.4 Å². The van der Waals surface area contributed by atoms with Crippen LogP contribution in [0, 0.1) is 6.92 Å². The van der Waals surface area contributed by atoms with Crippen molar-refractivity contribution in [1.29, 1.82) is 0 Å². The van der Waals surface area contributed by atoms with Gasteiger partial charge in [0, 0.05) is 25.8 Å². The van der Waals surface area contributed by atoms with E-state index in [1.807, 2.05) is 25.1 Å². The summed E-state index contributed by atoms with van der Waals surface area (Å²) < 4.78 is 4.97. The fourth-order valence-electron chi connectivity index (χ4n) is 1.90. The number of aromatic nitrogens is 2. The van der Waals surface area contributed by atoms with Gasteiger partial charge in [-0.05, 0) is 37.6 Å². The van der Waals surface area contributed by atoms with Crippen molar-refractivity contribution in [2.45, 2.75) is 13.3 Å². The van der Waals surface area contributed by atoms with Crippen molar-refractivity contribution >= 4 is 17.5 Å². The second-order valence-corrected chi connectivity index (χ2v) is 4.90. The molecule has 0 aliphatic heterocycles. The first kappa shape index (κ1) is 15.9. The lowest BCUT2D eigenvalue weighted by molar-refractivity contribution is 0.102. The zero-order chi connectivity index (χ0) is 15.8. The lowest BCUT2D eigenvalue weighted by Crippen LogP contribution is -2.14. The molecule has 1 aromatic heterocycles. The Morgan fingerprint density at radius 3 is 2.64 bits per heavy atom. The smallest absolute Gasteiger partial charge is 0.256 e. The van der Waals surface area contributed by atoms with Crippen LogP contribution in [0.3, 0.4) is 0 Å². The van der Waals surface area contributed by atoms with E-state index in [-0.39, 0.29) is 5.91 Å². The Balaban J connectivity index is 1.89. The van der Waals surface area contributed by atoms with E-state index in [1.54, 1.807) is 25.3 Å². The molecule has 0 fully saturated rings. The molecule has 2 aromatic rings. The van der Waals surface area contributed by atoms with E-state index >= 15 is 0 Å². The van der Waals surface area contributed by atoms with E-state index < -0.39 is 0 Å². The second-order valence-electron chi connectivity index (χ2n) is 4.90. The Morgan fingerprint density at radius 1 is 1.18 bits per heavy atom. The number of ether oxygens (including phenoxy) is 1. The molecule has 0 radical (unpaired) electrons. The number of aryl methyl sites for hydroxylation is 1. The van der Waals surface area contributed by atoms with E-state index in [1.165, 1.54) is 0 Å². The zero-order valence-corrected chi connectivity index (χ0v) is 12.8. The summed E-state index contributed by atoms with van der Waals surface area (Å²) in [5, 5.41) is 13.9. The predicted octanol–water partition coefficient (Wildman–Crippen LogP) is 2.49. The van der Waals surface area contributed by atoms with E-state index in [9.17, 15) is 4.79 Å². The van der Waals surface area contributed by atoms with Crippen molar-refractivity contribution in [3.63, 3.8) is 0 Å². The van der Waals surface area contributed by atoms with Crippen molar-refractivity contribution in [1.82, 2.24) is 10.2 Å². The van der Waals surface area contributed by atoms with Crippen molar-refractivity contribution in [2.24, 2.45) is 0 Å². The van der Waals surface area contributed by atoms with Crippen molar-refractivity contribution in [3.05, 3.63) is 47.5 Å². The topological polar surface area (TPSA) is 76.1 Å². The number of amides is 1. The van der Waals surface area contributed by atoms with E-state index in [0.717, 1.165) is 18.5 Å². The summed E-state index contributed by atoms with van der Waals surface area (Å²) in [5.74, 6) is 0.900. The van der Waals surface area contributed by atoms with Gasteiger partial charge in [-0.3, -0.25) is 4.79 Å². The molecule has 0 bridgehead atoms. The Hall–Kier alpha value is -2.47. The highest BCUT2D eigenvalue weighted by Gasteiger charge is 2.07. The number of carbonyl (C=O) groups is 1. The number of methoxy groups -OCH3 is 1. The standard InChI is InChI=1S/C16H20N4O2/c1-12-5-3-6-13(11-12)16(21)18-15-8-7-14(19-20-15)17-9-4-10-22-2/h3,5-8,11H,4,9-10H2,1-2H3,(H,17,19)(H,18,20,21). The monoisotopic (exact) mass is 300 g/mol. The molecule has 2 N–H and O–H groups in total. The number of hydrogen-bond acceptors (Lipinski definition) is 5. The molecule has 0 saturated carbocycles. The fourth-order valence-corrected chi connectivity index (χ4v) is 1.90. The minimum atomic E-state index is -0.196. The van der Waals surface area contributed by atoms with Crippen LogP contribution >= 0.6 is 0 Å². The maximum absolute atomic E-state index is 12.1. The highest BCUT2D eigenvalue weighted by molar-refractivity contribution is 6.03. The van der Waals surface area contributed by atoms with Crippen LogP contribution < -0.4 is 10.6 Å². The molecule has 1 amide bonds. The highest BCUT2D eigenvalue weighted by Crippen LogP contribution is 2.09. The van der Waals surface area contributed by atoms with E-state index in [2.05, 4.69) is 20.8 Å². The molecule has 0 spiro atoms.